The molecule has 2 rings (SSSR count). The molecule has 1 amide bonds. The van der Waals surface area contributed by atoms with Crippen LogP contribution in [0.2, 0.25) is 0 Å². The molecule has 0 unspecified atom stereocenters. The normalized spacial score (nSPS) is 22.8. The van der Waals surface area contributed by atoms with Crippen molar-refractivity contribution >= 4 is 11.9 Å². The molecule has 0 aliphatic carbocycles. The van der Waals surface area contributed by atoms with Crippen LogP contribution < -0.4 is 10.6 Å². The quantitative estimate of drug-likeness (QED) is 0.752. The summed E-state index contributed by atoms with van der Waals surface area (Å²) in [6.07, 6.45) is 0.472. The van der Waals surface area contributed by atoms with Crippen LogP contribution in [0.25, 0.3) is 0 Å². The Labute approximate surface area is 112 Å². The minimum atomic E-state index is -0.818. The van der Waals surface area contributed by atoms with Crippen molar-refractivity contribution in [3.63, 3.8) is 0 Å². The molecule has 102 valence electrons. The number of carboxylic acids is 1. The van der Waals surface area contributed by atoms with E-state index in [1.54, 1.807) is 12.1 Å². The number of piperidine rings is 1. The lowest BCUT2D eigenvalue weighted by Gasteiger charge is -2.28. The highest BCUT2D eigenvalue weighted by Crippen LogP contribution is 2.12. The van der Waals surface area contributed by atoms with Crippen LogP contribution in [-0.4, -0.2) is 36.1 Å². The molecule has 1 heterocycles. The Kier molecular flexibility index (Phi) is 4.16. The lowest BCUT2D eigenvalue weighted by atomic mass is 9.95. The summed E-state index contributed by atoms with van der Waals surface area (Å²) in [5, 5.41) is 14.9. The van der Waals surface area contributed by atoms with E-state index in [0.29, 0.717) is 25.1 Å². The van der Waals surface area contributed by atoms with E-state index in [1.807, 2.05) is 19.1 Å². The molecule has 1 aromatic carbocycles. The number of rotatable bonds is 3. The Hall–Kier alpha value is -1.88. The maximum atomic E-state index is 12.0. The van der Waals surface area contributed by atoms with Crippen molar-refractivity contribution in [1.29, 1.82) is 0 Å². The van der Waals surface area contributed by atoms with Gasteiger partial charge in [-0.05, 0) is 25.5 Å². The zero-order valence-electron chi connectivity index (χ0n) is 10.8. The van der Waals surface area contributed by atoms with E-state index in [1.165, 1.54) is 0 Å². The fourth-order valence-corrected chi connectivity index (χ4v) is 2.21. The highest BCUT2D eigenvalue weighted by Gasteiger charge is 2.27. The Balaban J connectivity index is 1.95. The van der Waals surface area contributed by atoms with Crippen LogP contribution >= 0.6 is 0 Å². The molecule has 3 N–H and O–H groups in total. The molecular formula is C14H18N2O3. The van der Waals surface area contributed by atoms with Crippen molar-refractivity contribution in [1.82, 2.24) is 10.6 Å². The maximum Gasteiger partial charge on any atom is 0.307 e. The van der Waals surface area contributed by atoms with Crippen LogP contribution in [0.5, 0.6) is 0 Å². The first-order valence-electron chi connectivity index (χ1n) is 6.37. The molecule has 1 saturated heterocycles. The molecule has 1 aliphatic heterocycles. The molecule has 0 radical (unpaired) electrons. The van der Waals surface area contributed by atoms with Gasteiger partial charge in [-0.1, -0.05) is 17.7 Å². The predicted octanol–water partition coefficient (Wildman–Crippen LogP) is 0.788. The fraction of sp³-hybridized carbons (Fsp3) is 0.429. The topological polar surface area (TPSA) is 78.4 Å². The summed E-state index contributed by atoms with van der Waals surface area (Å²) in [4.78, 5) is 23.0. The maximum absolute atomic E-state index is 12.0. The van der Waals surface area contributed by atoms with Gasteiger partial charge in [-0.3, -0.25) is 9.59 Å². The zero-order valence-corrected chi connectivity index (χ0v) is 10.8. The van der Waals surface area contributed by atoms with Gasteiger partial charge in [0.05, 0.1) is 5.92 Å². The molecule has 5 nitrogen and oxygen atoms in total. The molecule has 19 heavy (non-hydrogen) atoms. The second kappa shape index (κ2) is 5.84. The van der Waals surface area contributed by atoms with Gasteiger partial charge in [0.1, 0.15) is 0 Å². The van der Waals surface area contributed by atoms with Crippen molar-refractivity contribution < 1.29 is 14.7 Å². The molecule has 0 spiro atoms. The number of carbonyl (C=O) groups excluding carboxylic acids is 1. The van der Waals surface area contributed by atoms with E-state index in [9.17, 15) is 9.59 Å². The molecule has 0 bridgehead atoms. The minimum Gasteiger partial charge on any atom is -0.481 e. The van der Waals surface area contributed by atoms with Gasteiger partial charge in [0.2, 0.25) is 0 Å². The number of aliphatic carboxylic acids is 1. The first-order chi connectivity index (χ1) is 9.06. The zero-order chi connectivity index (χ0) is 13.8. The standard InChI is InChI=1S/C14H18N2O3/c1-9-2-4-10(5-3-9)13(17)16-12-6-11(14(18)19)7-15-8-12/h2-5,11-12,15H,6-8H2,1H3,(H,16,17)(H,18,19)/t11-,12+/m0/s1. The number of nitrogens with one attached hydrogen (secondary N) is 2. The van der Waals surface area contributed by atoms with Crippen molar-refractivity contribution in [2.45, 2.75) is 19.4 Å². The van der Waals surface area contributed by atoms with E-state index in [-0.39, 0.29) is 11.9 Å². The smallest absolute Gasteiger partial charge is 0.307 e. The number of amides is 1. The monoisotopic (exact) mass is 262 g/mol. The van der Waals surface area contributed by atoms with Crippen molar-refractivity contribution in [2.24, 2.45) is 5.92 Å². The second-order valence-corrected chi connectivity index (χ2v) is 4.97. The molecule has 0 aromatic heterocycles. The highest BCUT2D eigenvalue weighted by molar-refractivity contribution is 5.94. The summed E-state index contributed by atoms with van der Waals surface area (Å²) in [7, 11) is 0. The third kappa shape index (κ3) is 3.54. The van der Waals surface area contributed by atoms with Crippen LogP contribution in [0.4, 0.5) is 0 Å². The molecule has 2 atom stereocenters. The van der Waals surface area contributed by atoms with Crippen LogP contribution in [0, 0.1) is 12.8 Å². The first kappa shape index (κ1) is 13.5. The van der Waals surface area contributed by atoms with E-state index in [4.69, 9.17) is 5.11 Å². The molecule has 1 aromatic rings. The molecule has 1 aliphatic rings. The van der Waals surface area contributed by atoms with Crippen molar-refractivity contribution in [3.8, 4) is 0 Å². The van der Waals surface area contributed by atoms with Gasteiger partial charge in [-0.25, -0.2) is 0 Å². The molecular weight excluding hydrogens is 244 g/mol. The van der Waals surface area contributed by atoms with Crippen LogP contribution in [0.15, 0.2) is 24.3 Å². The Morgan fingerprint density at radius 3 is 2.58 bits per heavy atom. The summed E-state index contributed by atoms with van der Waals surface area (Å²) >= 11 is 0. The molecule has 0 saturated carbocycles. The number of aryl methyl sites for hydroxylation is 1. The van der Waals surface area contributed by atoms with Gasteiger partial charge >= 0.3 is 5.97 Å². The third-order valence-corrected chi connectivity index (χ3v) is 3.35. The predicted molar refractivity (Wildman–Crippen MR) is 71.0 cm³/mol. The second-order valence-electron chi connectivity index (χ2n) is 4.97. The van der Waals surface area contributed by atoms with Gasteiger partial charge in [-0.15, -0.1) is 0 Å². The number of hydrogen-bond acceptors (Lipinski definition) is 3. The summed E-state index contributed by atoms with van der Waals surface area (Å²) in [5.74, 6) is -1.41. The van der Waals surface area contributed by atoms with Crippen LogP contribution in [-0.2, 0) is 4.79 Å². The first-order valence-corrected chi connectivity index (χ1v) is 6.37. The Bertz CT molecular complexity index is 470. The molecule has 1 fully saturated rings. The summed E-state index contributed by atoms with van der Waals surface area (Å²) < 4.78 is 0. The van der Waals surface area contributed by atoms with E-state index in [2.05, 4.69) is 10.6 Å². The van der Waals surface area contributed by atoms with Crippen LogP contribution in [0.1, 0.15) is 22.3 Å². The Morgan fingerprint density at radius 1 is 1.26 bits per heavy atom. The van der Waals surface area contributed by atoms with Gasteiger partial charge in [0, 0.05) is 24.7 Å². The number of carboxylic acid groups (broad SMARTS) is 1. The summed E-state index contributed by atoms with van der Waals surface area (Å²) in [6.45, 7) is 3.04. The fourth-order valence-electron chi connectivity index (χ4n) is 2.21. The van der Waals surface area contributed by atoms with E-state index in [0.717, 1.165) is 5.56 Å². The SMILES string of the molecule is Cc1ccc(C(=O)N[C@H]2CNC[C@@H](C(=O)O)C2)cc1. The lowest BCUT2D eigenvalue weighted by molar-refractivity contribution is -0.142. The van der Waals surface area contributed by atoms with E-state index < -0.39 is 11.9 Å². The van der Waals surface area contributed by atoms with Crippen LogP contribution in [0.3, 0.4) is 0 Å². The van der Waals surface area contributed by atoms with Gasteiger partial charge < -0.3 is 15.7 Å². The minimum absolute atomic E-state index is 0.136. The van der Waals surface area contributed by atoms with Crippen molar-refractivity contribution in [3.05, 3.63) is 35.4 Å². The third-order valence-electron chi connectivity index (χ3n) is 3.35. The van der Waals surface area contributed by atoms with Gasteiger partial charge in [0.25, 0.3) is 5.91 Å². The van der Waals surface area contributed by atoms with E-state index >= 15 is 0 Å². The number of hydrogen-bond donors (Lipinski definition) is 3. The summed E-state index contributed by atoms with van der Waals surface area (Å²) in [6, 6.07) is 7.18. The largest absolute Gasteiger partial charge is 0.481 e. The van der Waals surface area contributed by atoms with Gasteiger partial charge in [0.15, 0.2) is 0 Å². The average Bonchev–Trinajstić information content (AvgIpc) is 2.39. The van der Waals surface area contributed by atoms with Gasteiger partial charge in [-0.2, -0.15) is 0 Å². The number of carbonyl (C=O) groups is 2. The average molecular weight is 262 g/mol. The lowest BCUT2D eigenvalue weighted by Crippen LogP contribution is -2.50. The Morgan fingerprint density at radius 2 is 1.95 bits per heavy atom. The highest BCUT2D eigenvalue weighted by atomic mass is 16.4. The van der Waals surface area contributed by atoms with Crippen molar-refractivity contribution in [2.75, 3.05) is 13.1 Å². The molecule has 5 heteroatoms. The number of benzene rings is 1. The summed E-state index contributed by atoms with van der Waals surface area (Å²) in [5.41, 5.74) is 1.70.